The van der Waals surface area contributed by atoms with Gasteiger partial charge in [0.1, 0.15) is 89.3 Å². The molecule has 10 heterocycles. The minimum Gasteiger partial charge on any atom is -0.456 e. The lowest BCUT2D eigenvalue weighted by molar-refractivity contribution is 0.655. The summed E-state index contributed by atoms with van der Waals surface area (Å²) < 4.78 is 52.6. The Bertz CT molecular complexity index is 9530. The zero-order chi connectivity index (χ0) is 83.5. The highest BCUT2D eigenvalue weighted by Crippen LogP contribution is 2.48. The van der Waals surface area contributed by atoms with Crippen molar-refractivity contribution in [2.24, 2.45) is 0 Å². The monoisotopic (exact) mass is 1640 g/mol. The second-order valence-electron chi connectivity index (χ2n) is 33.0. The molecule has 10 aromatic heterocycles. The lowest BCUT2D eigenvalue weighted by Crippen LogP contribution is -2.01. The molecule has 14 heteroatoms. The summed E-state index contributed by atoms with van der Waals surface area (Å²) in [6.07, 6.45) is 0. The number of furan rings is 8. The van der Waals surface area contributed by atoms with Crippen molar-refractivity contribution in [3.8, 4) is 124 Å². The fraction of sp³-hybridized carbons (Fsp3) is 0. The zero-order valence-electron chi connectivity index (χ0n) is 67.6. The predicted molar refractivity (Wildman–Crippen MR) is 511 cm³/mol. The van der Waals surface area contributed by atoms with Crippen LogP contribution in [0.1, 0.15) is 0 Å². The van der Waals surface area contributed by atoms with Crippen molar-refractivity contribution in [3.63, 3.8) is 0 Å². The number of nitrogens with zero attached hydrogens (tertiary/aromatic N) is 6. The van der Waals surface area contributed by atoms with Gasteiger partial charge in [0, 0.05) is 121 Å². The van der Waals surface area contributed by atoms with Crippen molar-refractivity contribution < 1.29 is 35.3 Å². The zero-order valence-corrected chi connectivity index (χ0v) is 67.6. The second kappa shape index (κ2) is 26.9. The van der Waals surface area contributed by atoms with Gasteiger partial charge in [-0.15, -0.1) is 0 Å². The number of fused-ring (bicyclic) bond motifs is 24. The van der Waals surface area contributed by atoms with E-state index >= 15 is 0 Å². The third kappa shape index (κ3) is 10.9. The normalized spacial score (nSPS) is 12.2. The highest BCUT2D eigenvalue weighted by Gasteiger charge is 2.27. The maximum atomic E-state index is 6.96. The summed E-state index contributed by atoms with van der Waals surface area (Å²) in [5, 5.41) is 15.9. The Hall–Kier alpha value is -17.6. The van der Waals surface area contributed by atoms with Crippen LogP contribution in [0.2, 0.25) is 0 Å². The first kappa shape index (κ1) is 70.0. The van der Waals surface area contributed by atoms with Gasteiger partial charge in [-0.25, -0.2) is 29.9 Å². The predicted octanol–water partition coefficient (Wildman–Crippen LogP) is 31.6. The molecule has 0 unspecified atom stereocenters. The Balaban J connectivity index is 0.496. The number of aromatic nitrogens is 6. The molecule has 0 radical (unpaired) electrons. The van der Waals surface area contributed by atoms with Crippen LogP contribution in [0.15, 0.2) is 399 Å². The molecule has 0 aliphatic carbocycles. The topological polar surface area (TPSA) is 182 Å². The minimum atomic E-state index is 0.452. The van der Waals surface area contributed by atoms with Crippen molar-refractivity contribution >= 4 is 176 Å². The van der Waals surface area contributed by atoms with Gasteiger partial charge in [0.25, 0.3) is 0 Å². The highest BCUT2D eigenvalue weighted by atomic mass is 16.4. The number of hydrogen-bond donors (Lipinski definition) is 0. The molecule has 0 amide bonds. The summed E-state index contributed by atoms with van der Waals surface area (Å²) in [5.74, 6) is 3.01. The molecule has 0 saturated carbocycles. The van der Waals surface area contributed by atoms with Gasteiger partial charge in [0.05, 0.1) is 11.1 Å². The van der Waals surface area contributed by atoms with E-state index in [9.17, 15) is 0 Å². The molecule has 128 heavy (non-hydrogen) atoms. The fourth-order valence-corrected chi connectivity index (χ4v) is 19.5. The maximum absolute atomic E-state index is 6.96. The summed E-state index contributed by atoms with van der Waals surface area (Å²) in [5.41, 5.74) is 27.3. The first-order chi connectivity index (χ1) is 63.3. The molecular formula is C114H60N6O8. The van der Waals surface area contributed by atoms with Gasteiger partial charge in [0.2, 0.25) is 0 Å². The Morgan fingerprint density at radius 1 is 0.125 bits per heavy atom. The van der Waals surface area contributed by atoms with E-state index in [0.717, 1.165) is 248 Å². The molecule has 0 aliphatic rings. The van der Waals surface area contributed by atoms with E-state index < -0.39 is 0 Å². The van der Waals surface area contributed by atoms with Crippen LogP contribution in [0.25, 0.3) is 299 Å². The molecule has 0 N–H and O–H groups in total. The average Bonchev–Trinajstić information content (AvgIpc) is 1.58. The summed E-state index contributed by atoms with van der Waals surface area (Å²) >= 11 is 0. The Morgan fingerprint density at radius 2 is 0.375 bits per heavy atom. The lowest BCUT2D eigenvalue weighted by Gasteiger charge is -2.11. The summed E-state index contributed by atoms with van der Waals surface area (Å²) in [6.45, 7) is 0. The molecule has 18 aromatic carbocycles. The third-order valence-corrected chi connectivity index (χ3v) is 25.6. The molecule has 0 bridgehead atoms. The molecule has 0 atom stereocenters. The highest BCUT2D eigenvalue weighted by molar-refractivity contribution is 6.20. The molecular weight excluding hydrogens is 1580 g/mol. The largest absolute Gasteiger partial charge is 0.456 e. The van der Waals surface area contributed by atoms with Crippen molar-refractivity contribution in [2.45, 2.75) is 0 Å². The van der Waals surface area contributed by atoms with E-state index in [0.29, 0.717) is 51.7 Å². The van der Waals surface area contributed by atoms with E-state index in [1.54, 1.807) is 0 Å². The Kier molecular flexibility index (Phi) is 14.7. The number of hydrogen-bond acceptors (Lipinski definition) is 14. The van der Waals surface area contributed by atoms with Crippen LogP contribution in [0.5, 0.6) is 0 Å². The molecule has 28 aromatic rings. The Morgan fingerprint density at radius 3 is 0.836 bits per heavy atom. The standard InChI is InChI=1S/C114H60N6O8/c1-6-36-92-73(25-1)76-29-13-33-82(107(76)127-92)113-117-110(72-24-12-22-66(52-72)62-18-10-19-63(50-62)67-42-46-95-85(54-67)89-57-87-74-26-2-5-35-91(74)123-101(87)59-103(89)124-95)118-114(120-113)83-34-14-30-77-84-53-69(44-48-97(84)128-108(77)83)70-41-45-75-88-58-90-86-55-68(43-47-96(86)125-104(90)60-102(88)126-100(75)56-70)64-20-9-17-61(49-64)65-21-11-23-71(51-65)109-115-111(80-31-15-39-98-105(80)78-27-3-7-37-93(78)121-98)119-112(116-109)81-32-16-40-99-106(81)79-28-4-8-38-94(79)122-99/h1-60H. The van der Waals surface area contributed by atoms with Gasteiger partial charge < -0.3 is 35.3 Å². The summed E-state index contributed by atoms with van der Waals surface area (Å²) in [7, 11) is 0. The maximum Gasteiger partial charge on any atom is 0.167 e. The molecule has 0 spiro atoms. The SMILES string of the molecule is c1cc(-c2cccc(-c3nc(-c4cccc5c4oc4ccccc45)nc(-c4cccc5c4oc4ccc(-c6ccc7c(c6)oc6cc8oc9ccc(-c%10cccc(-c%11cccc(-c%12nc(-c%13cccc%14oc%15ccccc%15c%13%14)nc(-c%13cccc%14oc%15ccccc%15c%13%14)n%12)c%11)c%10)cc9c8cc67)cc45)n3)c2)cc(-c2ccc3oc4cc5oc6ccccc6c5cc4c3c2)c1. The summed E-state index contributed by atoms with van der Waals surface area (Å²) in [4.78, 5) is 32.0. The lowest BCUT2D eigenvalue weighted by atomic mass is 9.96. The second-order valence-corrected chi connectivity index (χ2v) is 33.0. The molecule has 0 aliphatic heterocycles. The first-order valence-electron chi connectivity index (χ1n) is 42.5. The van der Waals surface area contributed by atoms with Gasteiger partial charge in [0.15, 0.2) is 34.9 Å². The van der Waals surface area contributed by atoms with E-state index in [1.165, 1.54) is 0 Å². The van der Waals surface area contributed by atoms with E-state index in [2.05, 4.69) is 224 Å². The smallest absolute Gasteiger partial charge is 0.167 e. The van der Waals surface area contributed by atoms with Crippen molar-refractivity contribution in [1.29, 1.82) is 0 Å². The van der Waals surface area contributed by atoms with Crippen molar-refractivity contribution in [2.75, 3.05) is 0 Å². The van der Waals surface area contributed by atoms with Crippen LogP contribution in [-0.2, 0) is 0 Å². The van der Waals surface area contributed by atoms with Crippen molar-refractivity contribution in [1.82, 2.24) is 29.9 Å². The van der Waals surface area contributed by atoms with E-state index in [1.807, 2.05) is 140 Å². The number of benzene rings is 18. The molecule has 0 fully saturated rings. The van der Waals surface area contributed by atoms with Crippen LogP contribution >= 0.6 is 0 Å². The molecule has 594 valence electrons. The average molecular weight is 1640 g/mol. The molecule has 0 saturated heterocycles. The number of rotatable bonds is 11. The van der Waals surface area contributed by atoms with Gasteiger partial charge >= 0.3 is 0 Å². The van der Waals surface area contributed by atoms with Crippen LogP contribution in [0.3, 0.4) is 0 Å². The van der Waals surface area contributed by atoms with Gasteiger partial charge in [-0.1, -0.05) is 218 Å². The molecule has 28 rings (SSSR count). The van der Waals surface area contributed by atoms with E-state index in [4.69, 9.17) is 65.2 Å². The van der Waals surface area contributed by atoms with Crippen LogP contribution in [0.4, 0.5) is 0 Å². The van der Waals surface area contributed by atoms with E-state index in [-0.39, 0.29) is 0 Å². The summed E-state index contributed by atoms with van der Waals surface area (Å²) in [6, 6.07) is 125. The first-order valence-corrected chi connectivity index (χ1v) is 42.5. The molecule has 14 nitrogen and oxygen atoms in total. The minimum absolute atomic E-state index is 0.452. The van der Waals surface area contributed by atoms with Gasteiger partial charge in [-0.3, -0.25) is 0 Å². The van der Waals surface area contributed by atoms with Gasteiger partial charge in [-0.2, -0.15) is 0 Å². The third-order valence-electron chi connectivity index (χ3n) is 25.6. The van der Waals surface area contributed by atoms with Crippen molar-refractivity contribution in [3.05, 3.63) is 364 Å². The Labute approximate surface area is 724 Å². The van der Waals surface area contributed by atoms with Gasteiger partial charge in [-0.05, 0) is 189 Å². The van der Waals surface area contributed by atoms with Crippen LogP contribution < -0.4 is 0 Å². The van der Waals surface area contributed by atoms with Crippen LogP contribution in [0, 0.1) is 0 Å². The van der Waals surface area contributed by atoms with Crippen LogP contribution in [-0.4, -0.2) is 29.9 Å². The number of para-hydroxylation sites is 6. The fourth-order valence-electron chi connectivity index (χ4n) is 19.5. The quantitative estimate of drug-likeness (QED) is 0.119.